The first-order chi connectivity index (χ1) is 28.3. The Morgan fingerprint density at radius 3 is 2.46 bits per heavy atom. The van der Waals surface area contributed by atoms with Gasteiger partial charge in [-0.05, 0) is 136 Å². The molecule has 0 unspecified atom stereocenters. The third kappa shape index (κ3) is 9.46. The van der Waals surface area contributed by atoms with Gasteiger partial charge in [0.2, 0.25) is 0 Å². The third-order valence-electron chi connectivity index (χ3n) is 12.2. The second kappa shape index (κ2) is 17.0. The van der Waals surface area contributed by atoms with Gasteiger partial charge in [0.15, 0.2) is 0 Å². The average Bonchev–Trinajstić information content (AvgIpc) is 3.71. The number of likely N-dealkylation sites (tertiary alicyclic amines) is 1. The van der Waals surface area contributed by atoms with Gasteiger partial charge in [-0.2, -0.15) is 5.10 Å². The Morgan fingerprint density at radius 1 is 0.949 bits per heavy atom. The van der Waals surface area contributed by atoms with E-state index >= 15 is 0 Å². The van der Waals surface area contributed by atoms with E-state index in [4.69, 9.17) is 16.3 Å². The van der Waals surface area contributed by atoms with E-state index in [9.17, 15) is 13.2 Å². The number of sulfonamides is 1. The second-order valence-corrected chi connectivity index (χ2v) is 19.3. The number of aryl methyl sites for hydroxylation is 1. The van der Waals surface area contributed by atoms with E-state index in [-0.39, 0.29) is 21.6 Å². The van der Waals surface area contributed by atoms with Gasteiger partial charge in [-0.25, -0.2) is 13.1 Å². The van der Waals surface area contributed by atoms with Gasteiger partial charge in [0, 0.05) is 61.2 Å². The van der Waals surface area contributed by atoms with Gasteiger partial charge in [0.1, 0.15) is 11.5 Å². The summed E-state index contributed by atoms with van der Waals surface area (Å²) < 4.78 is 36.2. The topological polar surface area (TPSA) is 123 Å². The van der Waals surface area contributed by atoms with Crippen molar-refractivity contribution in [2.45, 2.75) is 63.8 Å². The molecule has 5 aromatic rings. The second-order valence-electron chi connectivity index (χ2n) is 17.2. The summed E-state index contributed by atoms with van der Waals surface area (Å²) in [5.74, 6) is -0.0241. The van der Waals surface area contributed by atoms with Crippen molar-refractivity contribution in [1.82, 2.24) is 24.7 Å². The Balaban J connectivity index is 1.000. The molecule has 0 atom stereocenters. The van der Waals surface area contributed by atoms with Crippen molar-refractivity contribution in [2.75, 3.05) is 63.1 Å². The van der Waals surface area contributed by atoms with Crippen LogP contribution in [-0.2, 0) is 10.0 Å². The quantitative estimate of drug-likeness (QED) is 0.120. The van der Waals surface area contributed by atoms with E-state index in [2.05, 4.69) is 68.0 Å². The average molecular weight is 837 g/mol. The highest BCUT2D eigenvalue weighted by molar-refractivity contribution is 7.90. The molecular formula is C46H54ClN7O4S. The van der Waals surface area contributed by atoms with Gasteiger partial charge in [0.25, 0.3) is 15.9 Å². The normalized spacial score (nSPS) is 18.3. The smallest absolute Gasteiger partial charge is 0.268 e. The molecule has 0 spiro atoms. The zero-order valence-corrected chi connectivity index (χ0v) is 35.9. The van der Waals surface area contributed by atoms with Crippen molar-refractivity contribution >= 4 is 55.4 Å². The van der Waals surface area contributed by atoms with Gasteiger partial charge < -0.3 is 19.9 Å². The van der Waals surface area contributed by atoms with Crippen LogP contribution in [0, 0.1) is 12.3 Å². The van der Waals surface area contributed by atoms with Crippen LogP contribution in [0.15, 0.2) is 95.5 Å². The van der Waals surface area contributed by atoms with Gasteiger partial charge in [0.05, 0.1) is 27.6 Å². The van der Waals surface area contributed by atoms with E-state index < -0.39 is 15.9 Å². The maximum atomic E-state index is 14.0. The Labute approximate surface area is 352 Å². The molecule has 1 aromatic heterocycles. The molecule has 2 aliphatic heterocycles. The van der Waals surface area contributed by atoms with Gasteiger partial charge in [-0.15, -0.1) is 0 Å². The molecule has 310 valence electrons. The number of benzene rings is 4. The van der Waals surface area contributed by atoms with Crippen molar-refractivity contribution in [3.8, 4) is 11.5 Å². The maximum Gasteiger partial charge on any atom is 0.268 e. The zero-order valence-electron chi connectivity index (χ0n) is 34.4. The zero-order chi connectivity index (χ0) is 41.3. The molecule has 11 nitrogen and oxygen atoms in total. The number of halogens is 1. The van der Waals surface area contributed by atoms with Crippen LogP contribution < -0.4 is 19.7 Å². The molecule has 0 saturated carbocycles. The van der Waals surface area contributed by atoms with E-state index in [1.807, 2.05) is 49.4 Å². The molecule has 3 N–H and O–H groups in total. The lowest BCUT2D eigenvalue weighted by molar-refractivity contribution is 0.0979. The number of carbonyl (C=O) groups excluding carboxylic acids is 1. The molecule has 2 saturated heterocycles. The molecular weight excluding hydrogens is 782 g/mol. The molecule has 3 heterocycles. The van der Waals surface area contributed by atoms with Crippen LogP contribution in [0.1, 0.15) is 67.4 Å². The van der Waals surface area contributed by atoms with E-state index in [1.165, 1.54) is 16.7 Å². The number of allylic oxidation sites excluding steroid dienone is 1. The maximum absolute atomic E-state index is 14.0. The number of amides is 1. The largest absolute Gasteiger partial charge is 0.456 e. The number of piperidine rings is 1. The summed E-state index contributed by atoms with van der Waals surface area (Å²) in [7, 11) is -2.09. The first-order valence-corrected chi connectivity index (χ1v) is 22.5. The Kier molecular flexibility index (Phi) is 11.8. The summed E-state index contributed by atoms with van der Waals surface area (Å²) in [5.41, 5.74) is 7.92. The van der Waals surface area contributed by atoms with E-state index in [0.717, 1.165) is 111 Å². The molecule has 8 rings (SSSR count). The van der Waals surface area contributed by atoms with E-state index in [1.54, 1.807) is 30.5 Å². The number of nitrogens with zero attached hydrogens (tertiary/aromatic N) is 4. The minimum absolute atomic E-state index is 0.0189. The number of aromatic amines is 1. The van der Waals surface area contributed by atoms with Crippen LogP contribution in [0.3, 0.4) is 0 Å². The fourth-order valence-electron chi connectivity index (χ4n) is 8.60. The van der Waals surface area contributed by atoms with Crippen molar-refractivity contribution in [3.05, 3.63) is 112 Å². The molecule has 2 fully saturated rings. The first kappa shape index (κ1) is 40.9. The summed E-state index contributed by atoms with van der Waals surface area (Å²) >= 11 is 6.25. The standard InChI is InChI=1S/C46H54ClN7O4S/c1-31-26-37(13-15-41(31)49-35-17-20-52(4)21-18-35)59(56,57)51-45(55)38-14-12-36(27-44(38)58-43-7-5-6-42-40(43)29-48-50-42)54-24-22-53(23-25-54)30-33-16-19-46(2,3)28-39(33)32-8-10-34(47)11-9-32/h5-15,26-27,29,35,49H,16-25,28,30H2,1-4H3,(H,48,50)(H,51,55). The number of ether oxygens (including phenoxy) is 1. The first-order valence-electron chi connectivity index (χ1n) is 20.6. The predicted molar refractivity (Wildman–Crippen MR) is 237 cm³/mol. The highest BCUT2D eigenvalue weighted by Gasteiger charge is 2.30. The van der Waals surface area contributed by atoms with Gasteiger partial charge >= 0.3 is 0 Å². The number of nitrogens with one attached hydrogen (secondary N) is 3. The molecule has 13 heteroatoms. The van der Waals surface area contributed by atoms with Crippen LogP contribution >= 0.6 is 11.6 Å². The molecule has 0 bridgehead atoms. The van der Waals surface area contributed by atoms with Gasteiger partial charge in [-0.1, -0.05) is 49.2 Å². The summed E-state index contributed by atoms with van der Waals surface area (Å²) in [4.78, 5) is 21.1. The molecule has 1 amide bonds. The monoisotopic (exact) mass is 835 g/mol. The third-order valence-corrected chi connectivity index (χ3v) is 13.8. The summed E-state index contributed by atoms with van der Waals surface area (Å²) in [6, 6.07) is 24.5. The van der Waals surface area contributed by atoms with Crippen LogP contribution in [0.25, 0.3) is 16.5 Å². The van der Waals surface area contributed by atoms with Crippen molar-refractivity contribution in [3.63, 3.8) is 0 Å². The number of hydrogen-bond acceptors (Lipinski definition) is 9. The van der Waals surface area contributed by atoms with Crippen molar-refractivity contribution in [2.24, 2.45) is 5.41 Å². The predicted octanol–water partition coefficient (Wildman–Crippen LogP) is 8.73. The van der Waals surface area contributed by atoms with Crippen LogP contribution in [0.5, 0.6) is 11.5 Å². The number of rotatable bonds is 11. The molecule has 3 aliphatic rings. The number of anilines is 2. The molecule has 1 aliphatic carbocycles. The Hall–Kier alpha value is -4.88. The van der Waals surface area contributed by atoms with Crippen LogP contribution in [-0.4, -0.2) is 93.2 Å². The lowest BCUT2D eigenvalue weighted by Gasteiger charge is -2.39. The van der Waals surface area contributed by atoms with Gasteiger partial charge in [-0.3, -0.25) is 14.8 Å². The fraction of sp³-hybridized carbons (Fsp3) is 0.391. The van der Waals surface area contributed by atoms with E-state index in [0.29, 0.717) is 11.8 Å². The minimum atomic E-state index is -4.21. The number of fused-ring (bicyclic) bond motifs is 1. The van der Waals surface area contributed by atoms with Crippen LogP contribution in [0.4, 0.5) is 11.4 Å². The lowest BCUT2D eigenvalue weighted by atomic mass is 9.72. The van der Waals surface area contributed by atoms with Crippen molar-refractivity contribution < 1.29 is 17.9 Å². The number of H-pyrrole nitrogens is 1. The van der Waals surface area contributed by atoms with Crippen molar-refractivity contribution in [1.29, 1.82) is 0 Å². The fourth-order valence-corrected chi connectivity index (χ4v) is 9.78. The highest BCUT2D eigenvalue weighted by atomic mass is 35.5. The molecule has 4 aromatic carbocycles. The number of carbonyl (C=O) groups is 1. The minimum Gasteiger partial charge on any atom is -0.456 e. The SMILES string of the molecule is Cc1cc(S(=O)(=O)NC(=O)c2ccc(N3CCN(CC4=C(c5ccc(Cl)cc5)CC(C)(C)CC4)CC3)cc2Oc2cccc3[nH]ncc23)ccc1NC1CCN(C)CC1. The molecule has 0 radical (unpaired) electrons. The Bertz CT molecular complexity index is 2470. The summed E-state index contributed by atoms with van der Waals surface area (Å²) in [6.45, 7) is 12.9. The lowest BCUT2D eigenvalue weighted by Crippen LogP contribution is -2.47. The number of hydrogen-bond donors (Lipinski definition) is 3. The highest BCUT2D eigenvalue weighted by Crippen LogP contribution is 2.43. The Morgan fingerprint density at radius 2 is 1.71 bits per heavy atom. The summed E-state index contributed by atoms with van der Waals surface area (Å²) in [6.07, 6.45) is 7.00. The summed E-state index contributed by atoms with van der Waals surface area (Å²) in [5, 5.41) is 12.2. The number of aromatic nitrogens is 2. The number of piperazine rings is 1. The molecule has 59 heavy (non-hydrogen) atoms. The van der Waals surface area contributed by atoms with Crippen LogP contribution in [0.2, 0.25) is 5.02 Å².